The largest absolute Gasteiger partial charge is 0.338 e. The van der Waals surface area contributed by atoms with Crippen molar-refractivity contribution in [3.63, 3.8) is 0 Å². The van der Waals surface area contributed by atoms with Crippen molar-refractivity contribution < 1.29 is 8.78 Å². The number of imidazole rings is 1. The second-order valence-corrected chi connectivity index (χ2v) is 5.22. The number of nitrogens with one attached hydrogen (secondary N) is 1. The maximum atomic E-state index is 13.6. The van der Waals surface area contributed by atoms with Gasteiger partial charge in [0.1, 0.15) is 11.3 Å². The molecule has 0 atom stereocenters. The Balaban J connectivity index is 2.26. The topological polar surface area (TPSA) is 28.7 Å². The Morgan fingerprint density at radius 1 is 1.16 bits per heavy atom. The summed E-state index contributed by atoms with van der Waals surface area (Å²) in [4.78, 5) is 7.16. The van der Waals surface area contributed by atoms with Crippen LogP contribution in [0.5, 0.6) is 0 Å². The summed E-state index contributed by atoms with van der Waals surface area (Å²) in [5.74, 6) is -1.29. The van der Waals surface area contributed by atoms with Crippen molar-refractivity contribution in [2.45, 2.75) is 6.92 Å². The van der Waals surface area contributed by atoms with Crippen LogP contribution < -0.4 is 0 Å². The second kappa shape index (κ2) is 4.42. The van der Waals surface area contributed by atoms with Crippen LogP contribution in [0.25, 0.3) is 22.4 Å². The average molecular weight is 323 g/mol. The van der Waals surface area contributed by atoms with E-state index >= 15 is 0 Å². The molecule has 0 unspecified atom stereocenters. The third-order valence-electron chi connectivity index (χ3n) is 3.00. The van der Waals surface area contributed by atoms with Gasteiger partial charge < -0.3 is 4.98 Å². The van der Waals surface area contributed by atoms with Crippen molar-refractivity contribution in [3.8, 4) is 11.4 Å². The lowest BCUT2D eigenvalue weighted by atomic mass is 10.1. The second-order valence-electron chi connectivity index (χ2n) is 4.30. The number of halogens is 3. The zero-order valence-electron chi connectivity index (χ0n) is 9.97. The maximum Gasteiger partial charge on any atom is 0.186 e. The summed E-state index contributed by atoms with van der Waals surface area (Å²) in [5, 5.41) is 0. The standard InChI is InChI=1S/C14H9BrF2N2/c1-7-2-3-8(15)6-9(7)14-18-11-5-4-10(16)12(17)13(11)19-14/h2-6H,1H3,(H,18,19). The summed E-state index contributed by atoms with van der Waals surface area (Å²) in [7, 11) is 0. The molecule has 0 saturated heterocycles. The third kappa shape index (κ3) is 2.04. The highest BCUT2D eigenvalue weighted by Crippen LogP contribution is 2.28. The Morgan fingerprint density at radius 3 is 2.74 bits per heavy atom. The van der Waals surface area contributed by atoms with E-state index in [2.05, 4.69) is 25.9 Å². The molecule has 1 aromatic heterocycles. The molecule has 5 heteroatoms. The number of aryl methyl sites for hydroxylation is 1. The van der Waals surface area contributed by atoms with E-state index in [4.69, 9.17) is 0 Å². The summed E-state index contributed by atoms with van der Waals surface area (Å²) in [6, 6.07) is 8.32. The molecule has 2 nitrogen and oxygen atoms in total. The normalized spacial score (nSPS) is 11.2. The van der Waals surface area contributed by atoms with Crippen LogP contribution in [0.1, 0.15) is 5.56 Å². The molecule has 0 aliphatic carbocycles. The van der Waals surface area contributed by atoms with Gasteiger partial charge in [0.15, 0.2) is 11.6 Å². The van der Waals surface area contributed by atoms with Gasteiger partial charge in [0.25, 0.3) is 0 Å². The molecule has 0 aliphatic heterocycles. The quantitative estimate of drug-likeness (QED) is 0.698. The van der Waals surface area contributed by atoms with Gasteiger partial charge >= 0.3 is 0 Å². The summed E-state index contributed by atoms with van der Waals surface area (Å²) >= 11 is 3.39. The van der Waals surface area contributed by atoms with Crippen molar-refractivity contribution in [3.05, 3.63) is 52.0 Å². The van der Waals surface area contributed by atoms with Crippen LogP contribution in [0.2, 0.25) is 0 Å². The fourth-order valence-electron chi connectivity index (χ4n) is 1.99. The van der Waals surface area contributed by atoms with Crippen molar-refractivity contribution in [1.29, 1.82) is 0 Å². The minimum atomic E-state index is -0.923. The first-order valence-electron chi connectivity index (χ1n) is 5.66. The Kier molecular flexibility index (Phi) is 2.86. The molecule has 2 aromatic carbocycles. The first kappa shape index (κ1) is 12.3. The molecule has 3 rings (SSSR count). The summed E-state index contributed by atoms with van der Waals surface area (Å²) < 4.78 is 27.7. The van der Waals surface area contributed by atoms with Crippen LogP contribution >= 0.6 is 15.9 Å². The van der Waals surface area contributed by atoms with Crippen LogP contribution in [0.15, 0.2) is 34.8 Å². The van der Waals surface area contributed by atoms with E-state index in [-0.39, 0.29) is 5.52 Å². The number of aromatic nitrogens is 2. The van der Waals surface area contributed by atoms with Gasteiger partial charge in [-0.05, 0) is 36.8 Å². The predicted octanol–water partition coefficient (Wildman–Crippen LogP) is 4.58. The van der Waals surface area contributed by atoms with Gasteiger partial charge in [0.2, 0.25) is 0 Å². The van der Waals surface area contributed by atoms with E-state index in [1.807, 2.05) is 25.1 Å². The summed E-state index contributed by atoms with van der Waals surface area (Å²) in [5.41, 5.74) is 2.36. The van der Waals surface area contributed by atoms with Crippen molar-refractivity contribution in [1.82, 2.24) is 9.97 Å². The molecular weight excluding hydrogens is 314 g/mol. The lowest BCUT2D eigenvalue weighted by Crippen LogP contribution is -1.86. The fourth-order valence-corrected chi connectivity index (χ4v) is 2.36. The van der Waals surface area contributed by atoms with Gasteiger partial charge in [0.05, 0.1) is 5.52 Å². The lowest BCUT2D eigenvalue weighted by Gasteiger charge is -2.02. The van der Waals surface area contributed by atoms with Gasteiger partial charge in [-0.25, -0.2) is 13.8 Å². The van der Waals surface area contributed by atoms with E-state index in [1.165, 1.54) is 6.07 Å². The summed E-state index contributed by atoms with van der Waals surface area (Å²) in [6.45, 7) is 1.94. The number of fused-ring (bicyclic) bond motifs is 1. The molecule has 1 heterocycles. The average Bonchev–Trinajstić information content (AvgIpc) is 2.81. The highest BCUT2D eigenvalue weighted by atomic mass is 79.9. The van der Waals surface area contributed by atoms with E-state index in [0.29, 0.717) is 11.3 Å². The predicted molar refractivity (Wildman–Crippen MR) is 73.9 cm³/mol. The van der Waals surface area contributed by atoms with Crippen LogP contribution in [-0.4, -0.2) is 9.97 Å². The third-order valence-corrected chi connectivity index (χ3v) is 3.49. The molecule has 0 aliphatic rings. The maximum absolute atomic E-state index is 13.6. The summed E-state index contributed by atoms with van der Waals surface area (Å²) in [6.07, 6.45) is 0. The molecule has 19 heavy (non-hydrogen) atoms. The number of hydrogen-bond acceptors (Lipinski definition) is 1. The zero-order valence-corrected chi connectivity index (χ0v) is 11.6. The van der Waals surface area contributed by atoms with Crippen LogP contribution in [0.4, 0.5) is 8.78 Å². The molecule has 0 radical (unpaired) electrons. The van der Waals surface area contributed by atoms with E-state index in [0.717, 1.165) is 21.7 Å². The number of hydrogen-bond donors (Lipinski definition) is 1. The molecule has 0 fully saturated rings. The molecule has 0 bridgehead atoms. The zero-order chi connectivity index (χ0) is 13.6. The molecule has 0 saturated carbocycles. The number of rotatable bonds is 1. The minimum Gasteiger partial charge on any atom is -0.338 e. The molecular formula is C14H9BrF2N2. The van der Waals surface area contributed by atoms with Gasteiger partial charge in [0, 0.05) is 10.0 Å². The number of H-pyrrole nitrogens is 1. The van der Waals surface area contributed by atoms with E-state index < -0.39 is 11.6 Å². The van der Waals surface area contributed by atoms with E-state index in [9.17, 15) is 8.78 Å². The first-order valence-corrected chi connectivity index (χ1v) is 6.46. The first-order chi connectivity index (χ1) is 9.06. The van der Waals surface area contributed by atoms with Crippen molar-refractivity contribution in [2.24, 2.45) is 0 Å². The molecule has 0 amide bonds. The Labute approximate surface area is 116 Å². The van der Waals surface area contributed by atoms with Crippen molar-refractivity contribution >= 4 is 27.0 Å². The van der Waals surface area contributed by atoms with Crippen LogP contribution in [-0.2, 0) is 0 Å². The van der Waals surface area contributed by atoms with Crippen LogP contribution in [0, 0.1) is 18.6 Å². The molecule has 1 N–H and O–H groups in total. The monoisotopic (exact) mass is 322 g/mol. The highest BCUT2D eigenvalue weighted by molar-refractivity contribution is 9.10. The Hall–Kier alpha value is -1.75. The fraction of sp³-hybridized carbons (Fsp3) is 0.0714. The Bertz CT molecular complexity index is 780. The lowest BCUT2D eigenvalue weighted by molar-refractivity contribution is 0.515. The van der Waals surface area contributed by atoms with Crippen molar-refractivity contribution in [2.75, 3.05) is 0 Å². The Morgan fingerprint density at radius 2 is 1.95 bits per heavy atom. The van der Waals surface area contributed by atoms with Gasteiger partial charge in [-0.2, -0.15) is 0 Å². The van der Waals surface area contributed by atoms with Gasteiger partial charge in [-0.3, -0.25) is 0 Å². The number of nitrogens with zero attached hydrogens (tertiary/aromatic N) is 1. The molecule has 0 spiro atoms. The highest BCUT2D eigenvalue weighted by Gasteiger charge is 2.14. The van der Waals surface area contributed by atoms with E-state index in [1.54, 1.807) is 0 Å². The van der Waals surface area contributed by atoms with Gasteiger partial charge in [-0.15, -0.1) is 0 Å². The SMILES string of the molecule is Cc1ccc(Br)cc1-c1nc2c(F)c(F)ccc2[nH]1. The number of aromatic amines is 1. The molecule has 3 aromatic rings. The van der Waals surface area contributed by atoms with Crippen LogP contribution in [0.3, 0.4) is 0 Å². The minimum absolute atomic E-state index is 0.0226. The molecule has 96 valence electrons. The smallest absolute Gasteiger partial charge is 0.186 e. The number of benzene rings is 2. The van der Waals surface area contributed by atoms with Gasteiger partial charge in [-0.1, -0.05) is 22.0 Å².